The van der Waals surface area contributed by atoms with Gasteiger partial charge in [-0.3, -0.25) is 0 Å². The molecule has 0 unspecified atom stereocenters. The second kappa shape index (κ2) is 5.10. The summed E-state index contributed by atoms with van der Waals surface area (Å²) in [7, 11) is 0. The fraction of sp³-hybridized carbons (Fsp3) is 0.222. The van der Waals surface area contributed by atoms with E-state index in [9.17, 15) is 14.0 Å². The van der Waals surface area contributed by atoms with Crippen LogP contribution >= 0.6 is 0 Å². The van der Waals surface area contributed by atoms with Gasteiger partial charge in [-0.1, -0.05) is 12.1 Å². The van der Waals surface area contributed by atoms with Crippen LogP contribution in [0.1, 0.15) is 35.8 Å². The van der Waals surface area contributed by atoms with Gasteiger partial charge >= 0.3 is 0 Å². The van der Waals surface area contributed by atoms with E-state index < -0.39 is 17.5 Å². The Bertz CT molecular complexity index is 1030. The van der Waals surface area contributed by atoms with E-state index in [4.69, 9.17) is 4.42 Å². The Morgan fingerprint density at radius 3 is 2.62 bits per heavy atom. The standard InChI is InChI=1S/C18H11F3N2O/c1-8-11(7-22)16-17(24-18(23-16)9-5-6-9)15(21)13(8)10-3-2-4-12(19)14(10)20/h2-4,9H,5-6H2,1H3. The minimum atomic E-state index is -1.16. The van der Waals surface area contributed by atoms with Gasteiger partial charge in [0.05, 0.1) is 5.56 Å². The number of aromatic nitrogens is 1. The summed E-state index contributed by atoms with van der Waals surface area (Å²) >= 11 is 0. The highest BCUT2D eigenvalue weighted by Gasteiger charge is 2.32. The molecule has 1 heterocycles. The van der Waals surface area contributed by atoms with Crippen molar-refractivity contribution >= 4 is 11.1 Å². The lowest BCUT2D eigenvalue weighted by molar-refractivity contribution is 0.504. The predicted octanol–water partition coefficient (Wildman–Crippen LogP) is 4.97. The van der Waals surface area contributed by atoms with Crippen LogP contribution < -0.4 is 0 Å². The monoisotopic (exact) mass is 328 g/mol. The van der Waals surface area contributed by atoms with Crippen LogP contribution in [0.2, 0.25) is 0 Å². The third-order valence-corrected chi connectivity index (χ3v) is 4.31. The van der Waals surface area contributed by atoms with Crippen molar-refractivity contribution in [3.05, 3.63) is 52.7 Å². The second-order valence-corrected chi connectivity index (χ2v) is 5.91. The van der Waals surface area contributed by atoms with E-state index in [1.807, 2.05) is 6.07 Å². The molecule has 3 nitrogen and oxygen atoms in total. The number of rotatable bonds is 2. The van der Waals surface area contributed by atoms with E-state index in [0.29, 0.717) is 5.89 Å². The highest BCUT2D eigenvalue weighted by Crippen LogP contribution is 2.43. The summed E-state index contributed by atoms with van der Waals surface area (Å²) in [6.07, 6.45) is 1.81. The molecule has 120 valence electrons. The first kappa shape index (κ1) is 14.8. The fourth-order valence-corrected chi connectivity index (χ4v) is 2.89. The van der Waals surface area contributed by atoms with Crippen molar-refractivity contribution in [2.24, 2.45) is 0 Å². The summed E-state index contributed by atoms with van der Waals surface area (Å²) in [5.41, 5.74) is -0.140. The Labute approximate surface area is 135 Å². The van der Waals surface area contributed by atoms with Crippen LogP contribution in [0.15, 0.2) is 22.6 Å². The summed E-state index contributed by atoms with van der Waals surface area (Å²) in [6.45, 7) is 1.49. The summed E-state index contributed by atoms with van der Waals surface area (Å²) in [4.78, 5) is 4.24. The number of halogens is 3. The van der Waals surface area contributed by atoms with Gasteiger partial charge in [0.2, 0.25) is 0 Å². The van der Waals surface area contributed by atoms with Crippen molar-refractivity contribution in [3.63, 3.8) is 0 Å². The molecule has 0 N–H and O–H groups in total. The van der Waals surface area contributed by atoms with Crippen molar-refractivity contribution in [3.8, 4) is 17.2 Å². The molecule has 0 saturated heterocycles. The molecule has 0 spiro atoms. The minimum absolute atomic E-state index is 0.112. The Morgan fingerprint density at radius 2 is 1.96 bits per heavy atom. The molecule has 0 amide bonds. The Kier molecular flexibility index (Phi) is 3.14. The highest BCUT2D eigenvalue weighted by molar-refractivity contribution is 5.89. The average Bonchev–Trinajstić information content (AvgIpc) is 3.31. The zero-order chi connectivity index (χ0) is 17.0. The molecular weight excluding hydrogens is 317 g/mol. The van der Waals surface area contributed by atoms with Crippen LogP contribution in [0.3, 0.4) is 0 Å². The van der Waals surface area contributed by atoms with E-state index in [-0.39, 0.29) is 39.3 Å². The Hall–Kier alpha value is -2.81. The minimum Gasteiger partial charge on any atom is -0.437 e. The van der Waals surface area contributed by atoms with Gasteiger partial charge in [-0.05, 0) is 31.4 Å². The molecule has 0 bridgehead atoms. The Morgan fingerprint density at radius 1 is 1.21 bits per heavy atom. The van der Waals surface area contributed by atoms with Crippen molar-refractivity contribution in [1.29, 1.82) is 5.26 Å². The summed E-state index contributed by atoms with van der Waals surface area (Å²) < 4.78 is 48.2. The lowest BCUT2D eigenvalue weighted by Crippen LogP contribution is -1.98. The molecule has 0 atom stereocenters. The van der Waals surface area contributed by atoms with Crippen LogP contribution in [0, 0.1) is 35.7 Å². The molecule has 2 aromatic carbocycles. The van der Waals surface area contributed by atoms with Crippen LogP contribution in [0.25, 0.3) is 22.2 Å². The lowest BCUT2D eigenvalue weighted by Gasteiger charge is -2.11. The number of nitriles is 1. The van der Waals surface area contributed by atoms with Crippen molar-refractivity contribution in [2.45, 2.75) is 25.7 Å². The topological polar surface area (TPSA) is 49.8 Å². The first-order valence-electron chi connectivity index (χ1n) is 7.50. The molecule has 0 aliphatic heterocycles. The van der Waals surface area contributed by atoms with E-state index in [1.165, 1.54) is 19.1 Å². The summed E-state index contributed by atoms with van der Waals surface area (Å²) in [5, 5.41) is 9.44. The Balaban J connectivity index is 2.09. The molecule has 4 rings (SSSR count). The molecule has 0 radical (unpaired) electrons. The van der Waals surface area contributed by atoms with E-state index in [0.717, 1.165) is 18.9 Å². The van der Waals surface area contributed by atoms with Gasteiger partial charge in [0, 0.05) is 17.0 Å². The molecule has 1 aliphatic rings. The molecule has 3 aromatic rings. The van der Waals surface area contributed by atoms with Crippen LogP contribution in [-0.4, -0.2) is 4.98 Å². The molecule has 1 saturated carbocycles. The number of nitrogens with zero attached hydrogens (tertiary/aromatic N) is 2. The number of hydrogen-bond acceptors (Lipinski definition) is 3. The maximum absolute atomic E-state index is 15.0. The van der Waals surface area contributed by atoms with Crippen LogP contribution in [0.4, 0.5) is 13.2 Å². The third-order valence-electron chi connectivity index (χ3n) is 4.31. The fourth-order valence-electron chi connectivity index (χ4n) is 2.89. The molecule has 1 fully saturated rings. The summed E-state index contributed by atoms with van der Waals surface area (Å²) in [5.74, 6) is -2.55. The molecule has 24 heavy (non-hydrogen) atoms. The van der Waals surface area contributed by atoms with Gasteiger partial charge in [0.15, 0.2) is 28.9 Å². The predicted molar refractivity (Wildman–Crippen MR) is 80.7 cm³/mol. The van der Waals surface area contributed by atoms with Crippen LogP contribution in [-0.2, 0) is 0 Å². The van der Waals surface area contributed by atoms with Crippen molar-refractivity contribution < 1.29 is 17.6 Å². The molecular formula is C18H11F3N2O. The average molecular weight is 328 g/mol. The number of hydrogen-bond donors (Lipinski definition) is 0. The van der Waals surface area contributed by atoms with Gasteiger partial charge in [-0.15, -0.1) is 0 Å². The quantitative estimate of drug-likeness (QED) is 0.667. The molecule has 1 aliphatic carbocycles. The zero-order valence-electron chi connectivity index (χ0n) is 12.7. The van der Waals surface area contributed by atoms with Gasteiger partial charge in [-0.25, -0.2) is 18.2 Å². The zero-order valence-corrected chi connectivity index (χ0v) is 12.7. The molecule has 6 heteroatoms. The smallest absolute Gasteiger partial charge is 0.198 e. The first-order chi connectivity index (χ1) is 11.5. The lowest BCUT2D eigenvalue weighted by atomic mass is 9.94. The number of oxazole rings is 1. The van der Waals surface area contributed by atoms with E-state index in [2.05, 4.69) is 4.98 Å². The van der Waals surface area contributed by atoms with Gasteiger partial charge in [0.1, 0.15) is 11.6 Å². The largest absolute Gasteiger partial charge is 0.437 e. The second-order valence-electron chi connectivity index (χ2n) is 5.91. The number of fused-ring (bicyclic) bond motifs is 1. The SMILES string of the molecule is Cc1c(-c2cccc(F)c2F)c(F)c2oc(C3CC3)nc2c1C#N. The first-order valence-corrected chi connectivity index (χ1v) is 7.50. The van der Waals surface area contributed by atoms with Gasteiger partial charge in [-0.2, -0.15) is 5.26 Å². The third kappa shape index (κ3) is 2.01. The maximum atomic E-state index is 15.0. The van der Waals surface area contributed by atoms with Crippen LogP contribution in [0.5, 0.6) is 0 Å². The van der Waals surface area contributed by atoms with E-state index in [1.54, 1.807) is 0 Å². The normalized spacial score (nSPS) is 14.1. The van der Waals surface area contributed by atoms with Gasteiger partial charge < -0.3 is 4.42 Å². The van der Waals surface area contributed by atoms with Crippen molar-refractivity contribution in [2.75, 3.05) is 0 Å². The summed E-state index contributed by atoms with van der Waals surface area (Å²) in [6, 6.07) is 5.49. The van der Waals surface area contributed by atoms with Gasteiger partial charge in [0.25, 0.3) is 0 Å². The van der Waals surface area contributed by atoms with Crippen molar-refractivity contribution in [1.82, 2.24) is 4.98 Å². The van der Waals surface area contributed by atoms with E-state index >= 15 is 4.39 Å². The molecule has 1 aromatic heterocycles. The maximum Gasteiger partial charge on any atom is 0.198 e. The number of benzene rings is 2. The highest BCUT2D eigenvalue weighted by atomic mass is 19.2.